The van der Waals surface area contributed by atoms with Gasteiger partial charge in [0.25, 0.3) is 6.26 Å². The molecule has 1 aromatic rings. The van der Waals surface area contributed by atoms with E-state index < -0.39 is 12.1 Å². The monoisotopic (exact) mass is 205 g/mol. The minimum Gasteiger partial charge on any atom is -0.463 e. The zero-order valence-corrected chi connectivity index (χ0v) is 8.34. The number of nitrogens with zero attached hydrogens (tertiary/aromatic N) is 1. The summed E-state index contributed by atoms with van der Waals surface area (Å²) < 4.78 is 9.47. The molecule has 0 radical (unpaired) electrons. The quantitative estimate of drug-likeness (QED) is 0.555. The van der Waals surface area contributed by atoms with Crippen LogP contribution >= 0.6 is 0 Å². The summed E-state index contributed by atoms with van der Waals surface area (Å²) >= 11 is 0. The van der Waals surface area contributed by atoms with E-state index in [-0.39, 0.29) is 6.61 Å². The van der Waals surface area contributed by atoms with Gasteiger partial charge in [-0.25, -0.2) is 4.79 Å². The summed E-state index contributed by atoms with van der Waals surface area (Å²) in [4.78, 5) is 11.4. The van der Waals surface area contributed by atoms with Gasteiger partial charge in [0.15, 0.2) is 0 Å². The highest BCUT2D eigenvalue weighted by atomic mass is 16.6. The molecule has 0 N–H and O–H groups in total. The fraction of sp³-hybridized carbons (Fsp3) is 0.273. The van der Waals surface area contributed by atoms with Crippen LogP contribution in [0.15, 0.2) is 30.3 Å². The molecule has 1 unspecified atom stereocenters. The van der Waals surface area contributed by atoms with E-state index in [0.29, 0.717) is 5.56 Å². The molecule has 1 rings (SSSR count). The van der Waals surface area contributed by atoms with Gasteiger partial charge in [0, 0.05) is 5.56 Å². The average molecular weight is 205 g/mol. The van der Waals surface area contributed by atoms with E-state index in [1.54, 1.807) is 31.2 Å². The SMILES string of the molecule is CCOC(=O)C(OC#N)c1ccccc1. The summed E-state index contributed by atoms with van der Waals surface area (Å²) in [5.41, 5.74) is 0.609. The molecule has 0 bridgehead atoms. The Morgan fingerprint density at radius 3 is 2.67 bits per heavy atom. The van der Waals surface area contributed by atoms with E-state index in [9.17, 15) is 4.79 Å². The third-order valence-corrected chi connectivity index (χ3v) is 1.77. The Hall–Kier alpha value is -2.02. The van der Waals surface area contributed by atoms with E-state index in [1.165, 1.54) is 6.26 Å². The van der Waals surface area contributed by atoms with Crippen molar-refractivity contribution in [2.75, 3.05) is 6.61 Å². The first kappa shape index (κ1) is 11.1. The van der Waals surface area contributed by atoms with Crippen LogP contribution in [0, 0.1) is 11.5 Å². The molecule has 0 amide bonds. The normalized spacial score (nSPS) is 11.2. The molecule has 0 spiro atoms. The lowest BCUT2D eigenvalue weighted by molar-refractivity contribution is -0.153. The topological polar surface area (TPSA) is 59.3 Å². The second kappa shape index (κ2) is 5.66. The van der Waals surface area contributed by atoms with Crippen molar-refractivity contribution in [3.05, 3.63) is 35.9 Å². The molecule has 0 fully saturated rings. The summed E-state index contributed by atoms with van der Waals surface area (Å²) in [6.07, 6.45) is 0.543. The lowest BCUT2D eigenvalue weighted by atomic mass is 10.1. The third-order valence-electron chi connectivity index (χ3n) is 1.77. The zero-order valence-electron chi connectivity index (χ0n) is 8.34. The summed E-state index contributed by atoms with van der Waals surface area (Å²) in [6, 6.07) is 8.76. The second-order valence-corrected chi connectivity index (χ2v) is 2.75. The van der Waals surface area contributed by atoms with Crippen molar-refractivity contribution in [2.45, 2.75) is 13.0 Å². The Morgan fingerprint density at radius 1 is 1.47 bits per heavy atom. The van der Waals surface area contributed by atoms with Crippen LogP contribution in [-0.4, -0.2) is 12.6 Å². The van der Waals surface area contributed by atoms with Crippen LogP contribution in [0.25, 0.3) is 0 Å². The number of rotatable bonds is 4. The summed E-state index contributed by atoms with van der Waals surface area (Å²) in [7, 11) is 0. The first-order chi connectivity index (χ1) is 7.29. The van der Waals surface area contributed by atoms with Crippen LogP contribution in [0.1, 0.15) is 18.6 Å². The van der Waals surface area contributed by atoms with Gasteiger partial charge in [0.2, 0.25) is 6.10 Å². The molecule has 1 atom stereocenters. The number of hydrogen-bond donors (Lipinski definition) is 0. The number of esters is 1. The van der Waals surface area contributed by atoms with Crippen LogP contribution in [0.4, 0.5) is 0 Å². The van der Waals surface area contributed by atoms with Crippen LogP contribution in [0.2, 0.25) is 0 Å². The van der Waals surface area contributed by atoms with Gasteiger partial charge in [-0.1, -0.05) is 30.3 Å². The fourth-order valence-electron chi connectivity index (χ4n) is 1.15. The van der Waals surface area contributed by atoms with E-state index in [0.717, 1.165) is 0 Å². The Bertz CT molecular complexity index is 356. The maximum Gasteiger partial charge on any atom is 0.353 e. The van der Waals surface area contributed by atoms with Gasteiger partial charge in [-0.15, -0.1) is 0 Å². The van der Waals surface area contributed by atoms with Crippen molar-refractivity contribution in [3.63, 3.8) is 0 Å². The molecule has 4 heteroatoms. The molecule has 0 aliphatic carbocycles. The van der Waals surface area contributed by atoms with Gasteiger partial charge in [-0.3, -0.25) is 0 Å². The van der Waals surface area contributed by atoms with Gasteiger partial charge in [-0.2, -0.15) is 5.26 Å². The minimum absolute atomic E-state index is 0.261. The maximum absolute atomic E-state index is 11.4. The standard InChI is InChI=1S/C11H11NO3/c1-2-14-11(13)10(15-8-12)9-6-4-3-5-7-9/h3-7,10H,2H2,1H3. The number of carbonyl (C=O) groups excluding carboxylic acids is 1. The Labute approximate surface area is 88.0 Å². The first-order valence-electron chi connectivity index (χ1n) is 4.56. The molecule has 0 aliphatic rings. The molecular weight excluding hydrogens is 194 g/mol. The highest BCUT2D eigenvalue weighted by Gasteiger charge is 2.23. The number of hydrogen-bond acceptors (Lipinski definition) is 4. The lowest BCUT2D eigenvalue weighted by Gasteiger charge is -2.12. The van der Waals surface area contributed by atoms with E-state index in [1.807, 2.05) is 6.07 Å². The van der Waals surface area contributed by atoms with Crippen molar-refractivity contribution >= 4 is 5.97 Å². The molecule has 78 valence electrons. The van der Waals surface area contributed by atoms with Crippen LogP contribution in [0.3, 0.4) is 0 Å². The molecule has 0 aromatic heterocycles. The molecule has 0 heterocycles. The fourth-order valence-corrected chi connectivity index (χ4v) is 1.15. The molecule has 0 aliphatic heterocycles. The Kier molecular flexibility index (Phi) is 4.17. The lowest BCUT2D eigenvalue weighted by Crippen LogP contribution is -2.17. The van der Waals surface area contributed by atoms with Crippen molar-refractivity contribution in [1.29, 1.82) is 5.26 Å². The Balaban J connectivity index is 2.84. The van der Waals surface area contributed by atoms with Crippen molar-refractivity contribution in [3.8, 4) is 6.26 Å². The minimum atomic E-state index is -0.962. The molecule has 0 saturated heterocycles. The van der Waals surface area contributed by atoms with Gasteiger partial charge < -0.3 is 9.47 Å². The highest BCUT2D eigenvalue weighted by molar-refractivity contribution is 5.76. The number of ether oxygens (including phenoxy) is 2. The summed E-state index contributed by atoms with van der Waals surface area (Å²) in [6.45, 7) is 1.96. The van der Waals surface area contributed by atoms with Gasteiger partial charge in [0.1, 0.15) is 0 Å². The van der Waals surface area contributed by atoms with Crippen LogP contribution in [0.5, 0.6) is 0 Å². The van der Waals surface area contributed by atoms with Crippen LogP contribution < -0.4 is 0 Å². The highest BCUT2D eigenvalue weighted by Crippen LogP contribution is 2.18. The first-order valence-corrected chi connectivity index (χ1v) is 4.56. The molecule has 4 nitrogen and oxygen atoms in total. The summed E-state index contributed by atoms with van der Waals surface area (Å²) in [5, 5.41) is 8.44. The molecular formula is C11H11NO3. The third kappa shape index (κ3) is 2.99. The predicted molar refractivity (Wildman–Crippen MR) is 52.5 cm³/mol. The van der Waals surface area contributed by atoms with Crippen molar-refractivity contribution in [1.82, 2.24) is 0 Å². The van der Waals surface area contributed by atoms with Gasteiger partial charge in [0.05, 0.1) is 6.61 Å². The zero-order chi connectivity index (χ0) is 11.1. The molecule has 0 saturated carbocycles. The number of carbonyl (C=O) groups is 1. The van der Waals surface area contributed by atoms with Gasteiger partial charge in [-0.05, 0) is 6.92 Å². The van der Waals surface area contributed by atoms with E-state index >= 15 is 0 Å². The number of benzene rings is 1. The maximum atomic E-state index is 11.4. The average Bonchev–Trinajstić information content (AvgIpc) is 2.27. The van der Waals surface area contributed by atoms with Crippen LogP contribution in [-0.2, 0) is 14.3 Å². The molecule has 15 heavy (non-hydrogen) atoms. The van der Waals surface area contributed by atoms with Crippen molar-refractivity contribution < 1.29 is 14.3 Å². The molecule has 1 aromatic carbocycles. The smallest absolute Gasteiger partial charge is 0.353 e. The van der Waals surface area contributed by atoms with Gasteiger partial charge >= 0.3 is 5.97 Å². The number of nitriles is 1. The van der Waals surface area contributed by atoms with E-state index in [4.69, 9.17) is 10.00 Å². The second-order valence-electron chi connectivity index (χ2n) is 2.75. The predicted octanol–water partition coefficient (Wildman–Crippen LogP) is 1.79. The Morgan fingerprint density at radius 2 is 2.13 bits per heavy atom. The summed E-state index contributed by atoms with van der Waals surface area (Å²) in [5.74, 6) is -0.551. The van der Waals surface area contributed by atoms with Crippen molar-refractivity contribution in [2.24, 2.45) is 0 Å². The largest absolute Gasteiger partial charge is 0.463 e. The van der Waals surface area contributed by atoms with E-state index in [2.05, 4.69) is 4.74 Å².